The lowest BCUT2D eigenvalue weighted by Crippen LogP contribution is -2.44. The molecule has 34 heavy (non-hydrogen) atoms. The average Bonchev–Trinajstić information content (AvgIpc) is 3.19. The van der Waals surface area contributed by atoms with Crippen molar-refractivity contribution in [2.75, 3.05) is 28.6 Å². The van der Waals surface area contributed by atoms with Gasteiger partial charge in [-0.1, -0.05) is 56.8 Å². The molecular formula is C24H32ClN5O4. The molecule has 3 rings (SSSR count). The van der Waals surface area contributed by atoms with Gasteiger partial charge in [-0.15, -0.1) is 0 Å². The molecule has 1 aliphatic rings. The van der Waals surface area contributed by atoms with E-state index in [0.29, 0.717) is 30.1 Å². The summed E-state index contributed by atoms with van der Waals surface area (Å²) in [4.78, 5) is 56.8. The highest BCUT2D eigenvalue weighted by molar-refractivity contribution is 6.34. The number of aromatic amines is 1. The fraction of sp³-hybridized carbons (Fsp3) is 0.500. The Hall–Kier alpha value is -3.07. The molecule has 10 heteroatoms. The molecule has 1 aromatic carbocycles. The molecule has 2 aromatic rings. The Kier molecular flexibility index (Phi) is 8.55. The molecule has 3 N–H and O–H groups in total. The molecule has 0 radical (unpaired) electrons. The molecule has 0 aliphatic carbocycles. The van der Waals surface area contributed by atoms with E-state index < -0.39 is 17.2 Å². The van der Waals surface area contributed by atoms with Crippen LogP contribution in [0.4, 0.5) is 17.2 Å². The van der Waals surface area contributed by atoms with Crippen molar-refractivity contribution in [1.29, 1.82) is 0 Å². The number of halogens is 1. The first-order valence-electron chi connectivity index (χ1n) is 11.8. The SMILES string of the molecule is CCCCCN(C(=O)C1CC(=O)N(c2ccccc2Cl)C1)c1c(N)n(CCCC)c(=O)[nH]c1=O. The first-order chi connectivity index (χ1) is 16.3. The van der Waals surface area contributed by atoms with Crippen LogP contribution in [-0.2, 0) is 16.1 Å². The summed E-state index contributed by atoms with van der Waals surface area (Å²) in [5.74, 6) is -1.27. The second-order valence-electron chi connectivity index (χ2n) is 8.55. The number of nitrogens with one attached hydrogen (secondary N) is 1. The van der Waals surface area contributed by atoms with Gasteiger partial charge in [0.05, 0.1) is 16.6 Å². The molecule has 1 saturated heterocycles. The molecule has 0 spiro atoms. The third-order valence-electron chi connectivity index (χ3n) is 6.09. The number of carbonyl (C=O) groups excluding carboxylic acids is 2. The van der Waals surface area contributed by atoms with Gasteiger partial charge in [0, 0.05) is 26.1 Å². The predicted molar refractivity (Wildman–Crippen MR) is 134 cm³/mol. The molecule has 1 fully saturated rings. The van der Waals surface area contributed by atoms with Crippen molar-refractivity contribution in [2.24, 2.45) is 5.92 Å². The summed E-state index contributed by atoms with van der Waals surface area (Å²) in [7, 11) is 0. The largest absolute Gasteiger partial charge is 0.383 e. The van der Waals surface area contributed by atoms with Crippen molar-refractivity contribution in [3.63, 3.8) is 0 Å². The van der Waals surface area contributed by atoms with Crippen LogP contribution in [-0.4, -0.2) is 34.5 Å². The van der Waals surface area contributed by atoms with E-state index >= 15 is 0 Å². The van der Waals surface area contributed by atoms with E-state index in [4.69, 9.17) is 17.3 Å². The van der Waals surface area contributed by atoms with Crippen molar-refractivity contribution >= 4 is 40.6 Å². The summed E-state index contributed by atoms with van der Waals surface area (Å²) in [6.07, 6.45) is 3.97. The van der Waals surface area contributed by atoms with E-state index in [0.717, 1.165) is 19.3 Å². The Morgan fingerprint density at radius 1 is 1.15 bits per heavy atom. The maximum atomic E-state index is 13.7. The fourth-order valence-electron chi connectivity index (χ4n) is 4.23. The number of aromatic nitrogens is 2. The zero-order valence-electron chi connectivity index (χ0n) is 19.7. The van der Waals surface area contributed by atoms with Crippen LogP contribution in [0.5, 0.6) is 0 Å². The number of anilines is 3. The lowest BCUT2D eigenvalue weighted by atomic mass is 10.1. The molecule has 1 aromatic heterocycles. The highest BCUT2D eigenvalue weighted by atomic mass is 35.5. The number of nitrogen functional groups attached to an aromatic ring is 1. The Balaban J connectivity index is 1.96. The Morgan fingerprint density at radius 2 is 1.85 bits per heavy atom. The monoisotopic (exact) mass is 489 g/mol. The van der Waals surface area contributed by atoms with Crippen LogP contribution >= 0.6 is 11.6 Å². The molecule has 2 heterocycles. The topological polar surface area (TPSA) is 121 Å². The summed E-state index contributed by atoms with van der Waals surface area (Å²) >= 11 is 6.27. The molecule has 9 nitrogen and oxygen atoms in total. The van der Waals surface area contributed by atoms with E-state index in [9.17, 15) is 19.2 Å². The Bertz CT molecular complexity index is 1160. The number of H-pyrrole nitrogens is 1. The minimum Gasteiger partial charge on any atom is -0.383 e. The van der Waals surface area contributed by atoms with Crippen molar-refractivity contribution in [3.05, 3.63) is 50.1 Å². The summed E-state index contributed by atoms with van der Waals surface area (Å²) in [6, 6.07) is 6.97. The molecule has 184 valence electrons. The van der Waals surface area contributed by atoms with Gasteiger partial charge in [-0.2, -0.15) is 0 Å². The van der Waals surface area contributed by atoms with Gasteiger partial charge >= 0.3 is 5.69 Å². The van der Waals surface area contributed by atoms with E-state index in [1.807, 2.05) is 13.8 Å². The number of nitrogens with two attached hydrogens (primary N) is 1. The number of rotatable bonds is 10. The van der Waals surface area contributed by atoms with Crippen LogP contribution in [0.25, 0.3) is 0 Å². The second kappa shape index (κ2) is 11.4. The number of para-hydroxylation sites is 1. The standard InChI is InChI=1S/C24H32ClN5O4/c1-3-5-9-13-28(20-21(26)29(12-6-4-2)24(34)27-22(20)32)23(33)16-14-19(31)30(15-16)18-11-8-7-10-17(18)25/h7-8,10-11,16H,3-6,9,12-15,26H2,1-2H3,(H,27,32,34). The first-order valence-corrected chi connectivity index (χ1v) is 12.2. The van der Waals surface area contributed by atoms with Crippen LogP contribution in [0.2, 0.25) is 5.02 Å². The highest BCUT2D eigenvalue weighted by Crippen LogP contribution is 2.32. The molecule has 2 amide bonds. The van der Waals surface area contributed by atoms with E-state index in [2.05, 4.69) is 4.98 Å². The second-order valence-corrected chi connectivity index (χ2v) is 8.96. The van der Waals surface area contributed by atoms with Crippen LogP contribution in [0, 0.1) is 5.92 Å². The number of nitrogens with zero attached hydrogens (tertiary/aromatic N) is 3. The van der Waals surface area contributed by atoms with Crippen molar-refractivity contribution in [2.45, 2.75) is 58.9 Å². The van der Waals surface area contributed by atoms with E-state index in [1.165, 1.54) is 14.4 Å². The van der Waals surface area contributed by atoms with Gasteiger partial charge in [-0.25, -0.2) is 4.79 Å². The zero-order chi connectivity index (χ0) is 24.8. The number of benzene rings is 1. The van der Waals surface area contributed by atoms with Gasteiger partial charge in [0.15, 0.2) is 5.69 Å². The number of amides is 2. The smallest absolute Gasteiger partial charge is 0.330 e. The molecule has 1 aliphatic heterocycles. The lowest BCUT2D eigenvalue weighted by Gasteiger charge is -2.27. The van der Waals surface area contributed by atoms with Crippen molar-refractivity contribution in [3.8, 4) is 0 Å². The molecule has 1 unspecified atom stereocenters. The lowest BCUT2D eigenvalue weighted by molar-refractivity contribution is -0.124. The van der Waals surface area contributed by atoms with E-state index in [1.54, 1.807) is 24.3 Å². The number of hydrogen-bond acceptors (Lipinski definition) is 5. The minimum absolute atomic E-state index is 0.00160. The Labute approximate surface area is 203 Å². The first kappa shape index (κ1) is 25.6. The van der Waals surface area contributed by atoms with Gasteiger partial charge < -0.3 is 15.5 Å². The van der Waals surface area contributed by atoms with Gasteiger partial charge in [0.1, 0.15) is 5.82 Å². The van der Waals surface area contributed by atoms with Crippen LogP contribution in [0.15, 0.2) is 33.9 Å². The van der Waals surface area contributed by atoms with Gasteiger partial charge in [-0.05, 0) is 25.0 Å². The molecule has 0 saturated carbocycles. The maximum absolute atomic E-state index is 13.7. The molecule has 0 bridgehead atoms. The summed E-state index contributed by atoms with van der Waals surface area (Å²) in [6.45, 7) is 4.78. The third kappa shape index (κ3) is 5.35. The number of unbranched alkanes of at least 4 members (excludes halogenated alkanes) is 3. The third-order valence-corrected chi connectivity index (χ3v) is 6.41. The quantitative estimate of drug-likeness (QED) is 0.496. The average molecular weight is 490 g/mol. The van der Waals surface area contributed by atoms with Gasteiger partial charge in [0.2, 0.25) is 11.8 Å². The van der Waals surface area contributed by atoms with Crippen molar-refractivity contribution < 1.29 is 9.59 Å². The van der Waals surface area contributed by atoms with Crippen LogP contribution < -0.4 is 26.8 Å². The fourth-order valence-corrected chi connectivity index (χ4v) is 4.46. The van der Waals surface area contributed by atoms with Gasteiger partial charge in [0.25, 0.3) is 5.56 Å². The summed E-state index contributed by atoms with van der Waals surface area (Å²) in [5, 5.41) is 0.424. The van der Waals surface area contributed by atoms with E-state index in [-0.39, 0.29) is 42.8 Å². The van der Waals surface area contributed by atoms with Crippen LogP contribution in [0.1, 0.15) is 52.4 Å². The zero-order valence-corrected chi connectivity index (χ0v) is 20.4. The number of carbonyl (C=O) groups is 2. The summed E-state index contributed by atoms with van der Waals surface area (Å²) in [5.41, 5.74) is 5.51. The number of hydrogen-bond donors (Lipinski definition) is 2. The Morgan fingerprint density at radius 3 is 2.53 bits per heavy atom. The predicted octanol–water partition coefficient (Wildman–Crippen LogP) is 3.15. The maximum Gasteiger partial charge on any atom is 0.330 e. The molecular weight excluding hydrogens is 458 g/mol. The molecule has 1 atom stereocenters. The normalized spacial score (nSPS) is 15.7. The van der Waals surface area contributed by atoms with Gasteiger partial charge in [-0.3, -0.25) is 23.9 Å². The summed E-state index contributed by atoms with van der Waals surface area (Å²) < 4.78 is 1.30. The van der Waals surface area contributed by atoms with Crippen LogP contribution in [0.3, 0.4) is 0 Å². The minimum atomic E-state index is -0.701. The van der Waals surface area contributed by atoms with Crippen molar-refractivity contribution in [1.82, 2.24) is 9.55 Å². The highest BCUT2D eigenvalue weighted by Gasteiger charge is 2.39.